The molecule has 3 heterocycles. The molecule has 5 heteroatoms. The Morgan fingerprint density at radius 1 is 0.414 bits per heavy atom. The third kappa shape index (κ3) is 5.07. The molecule has 0 spiro atoms. The number of anilines is 3. The second-order valence-electron chi connectivity index (χ2n) is 14.3. The Kier molecular flexibility index (Phi) is 5.76. The minimum Gasteiger partial charge on any atom is -0.309 e. The maximum Gasteiger partial charge on any atom is 0.164 e. The molecule has 0 N–H and O–H groups in total. The average Bonchev–Trinajstić information content (AvgIpc) is 3.68. The molecular formula is C53H33N5. The van der Waals surface area contributed by atoms with Crippen LogP contribution in [0.4, 0.5) is 17.1 Å². The quantitative estimate of drug-likeness (QED) is 0.176. The molecule has 12 rings (SSSR count). The number of hydrogen-bond donors (Lipinski definition) is 0. The van der Waals surface area contributed by atoms with Crippen molar-refractivity contribution in [3.05, 3.63) is 200 Å². The maximum atomic E-state index is 9.44. The molecule has 0 bridgehead atoms. The van der Waals surface area contributed by atoms with Gasteiger partial charge in [0.1, 0.15) is 0 Å². The third-order valence-electron chi connectivity index (χ3n) is 11.0. The van der Waals surface area contributed by atoms with Crippen LogP contribution in [-0.4, -0.2) is 19.5 Å². The lowest BCUT2D eigenvalue weighted by Gasteiger charge is -2.33. The number of para-hydroxylation sites is 3. The van der Waals surface area contributed by atoms with Gasteiger partial charge in [-0.15, -0.1) is 0 Å². The van der Waals surface area contributed by atoms with Gasteiger partial charge in [-0.05, 0) is 88.4 Å². The first kappa shape index (κ1) is 26.1. The molecule has 9 aromatic carbocycles. The van der Waals surface area contributed by atoms with Gasteiger partial charge in [-0.25, -0.2) is 15.0 Å². The predicted octanol–water partition coefficient (Wildman–Crippen LogP) is 13.7. The van der Waals surface area contributed by atoms with Crippen LogP contribution in [0.1, 0.15) is 9.60 Å². The molecule has 0 saturated carbocycles. The zero-order valence-corrected chi connectivity index (χ0v) is 30.7. The van der Waals surface area contributed by atoms with Crippen molar-refractivity contribution in [2.45, 2.75) is 0 Å². The van der Waals surface area contributed by atoms with E-state index in [9.17, 15) is 2.74 Å². The van der Waals surface area contributed by atoms with Crippen LogP contribution in [0.5, 0.6) is 0 Å². The van der Waals surface area contributed by atoms with E-state index < -0.39 is 36.3 Å². The van der Waals surface area contributed by atoms with E-state index in [1.165, 1.54) is 0 Å². The summed E-state index contributed by atoms with van der Waals surface area (Å²) in [5, 5.41) is 3.87. The summed E-state index contributed by atoms with van der Waals surface area (Å²) in [7, 11) is 0. The fourth-order valence-electron chi connectivity index (χ4n) is 8.43. The summed E-state index contributed by atoms with van der Waals surface area (Å²) in [6.07, 6.45) is 0. The Labute approximate surface area is 344 Å². The van der Waals surface area contributed by atoms with Crippen molar-refractivity contribution in [2.75, 3.05) is 4.90 Å². The first-order valence-corrected chi connectivity index (χ1v) is 19.0. The fourth-order valence-corrected chi connectivity index (χ4v) is 8.43. The van der Waals surface area contributed by atoms with Gasteiger partial charge in [-0.2, -0.15) is 0 Å². The molecule has 0 fully saturated rings. The first-order chi connectivity index (χ1) is 31.7. The van der Waals surface area contributed by atoms with E-state index >= 15 is 0 Å². The Balaban J connectivity index is 1.10. The molecule has 0 amide bonds. The van der Waals surface area contributed by atoms with Gasteiger partial charge in [0.05, 0.1) is 32.0 Å². The summed E-state index contributed by atoms with van der Waals surface area (Å²) < 4.78 is 64.1. The van der Waals surface area contributed by atoms with Crippen LogP contribution >= 0.6 is 0 Å². The van der Waals surface area contributed by atoms with E-state index in [1.54, 1.807) is 0 Å². The number of rotatable bonds is 5. The van der Waals surface area contributed by atoms with Crippen molar-refractivity contribution in [3.63, 3.8) is 0 Å². The lowest BCUT2D eigenvalue weighted by atomic mass is 9.91. The van der Waals surface area contributed by atoms with Gasteiger partial charge >= 0.3 is 0 Å². The number of aromatic nitrogens is 4. The average molecular weight is 747 g/mol. The molecule has 2 aromatic heterocycles. The van der Waals surface area contributed by atoms with Crippen LogP contribution in [0.15, 0.2) is 200 Å². The summed E-state index contributed by atoms with van der Waals surface area (Å²) >= 11 is 0. The standard InChI is InChI=1S/C53H33N5/c1-2-18-40(19-3-1)57-47-25-9-7-22-43(47)45-33-39(29-30-48(45)57)53-55-51(54-52(56-53)38-28-27-34-13-4-5-14-36(34)31-38)37-17-10-20-41(32-37)58-46-24-8-6-21-42(46)44-23-11-15-35-16-12-26-49(58)50(35)44/h1-33H/i4D,5D,13D,14D,27D,28D,31D. The summed E-state index contributed by atoms with van der Waals surface area (Å²) in [4.78, 5) is 17.3. The SMILES string of the molecule is [2H]c1c([2H])c([2H])c2c([2H])c(-c3nc(-c4cccc(N5c6ccccc6-c6cccc7cccc5c67)c4)nc(-c4ccc5c(c4)c4ccccc4n5-c4ccccc4)n3)c([2H])c([2H])c2c1[2H]. The first-order valence-electron chi connectivity index (χ1n) is 22.5. The molecule has 0 saturated heterocycles. The van der Waals surface area contributed by atoms with Gasteiger partial charge < -0.3 is 9.47 Å². The van der Waals surface area contributed by atoms with Gasteiger partial charge in [0.25, 0.3) is 0 Å². The van der Waals surface area contributed by atoms with E-state index in [0.717, 1.165) is 66.5 Å². The fraction of sp³-hybridized carbons (Fsp3) is 0. The van der Waals surface area contributed by atoms with Crippen LogP contribution in [0.2, 0.25) is 0 Å². The lowest BCUT2D eigenvalue weighted by Crippen LogP contribution is -2.15. The van der Waals surface area contributed by atoms with E-state index in [0.29, 0.717) is 11.1 Å². The molecule has 0 atom stereocenters. The molecule has 1 aliphatic heterocycles. The highest BCUT2D eigenvalue weighted by Crippen LogP contribution is 2.51. The van der Waals surface area contributed by atoms with E-state index in [2.05, 4.69) is 82.3 Å². The van der Waals surface area contributed by atoms with Crippen LogP contribution in [-0.2, 0) is 0 Å². The summed E-state index contributed by atoms with van der Waals surface area (Å²) in [6, 6.07) is 50.0. The minimum absolute atomic E-state index is 0.0676. The monoisotopic (exact) mass is 746 g/mol. The van der Waals surface area contributed by atoms with Crippen molar-refractivity contribution in [2.24, 2.45) is 0 Å². The van der Waals surface area contributed by atoms with Gasteiger partial charge in [0, 0.05) is 49.8 Å². The Morgan fingerprint density at radius 3 is 1.95 bits per heavy atom. The van der Waals surface area contributed by atoms with Crippen molar-refractivity contribution in [3.8, 4) is 51.0 Å². The van der Waals surface area contributed by atoms with Crippen molar-refractivity contribution >= 4 is 60.4 Å². The summed E-state index contributed by atoms with van der Waals surface area (Å²) in [6.45, 7) is 0. The van der Waals surface area contributed by atoms with Gasteiger partial charge in [-0.1, -0.05) is 133 Å². The maximum absolute atomic E-state index is 9.44. The molecule has 58 heavy (non-hydrogen) atoms. The predicted molar refractivity (Wildman–Crippen MR) is 239 cm³/mol. The molecule has 0 aliphatic carbocycles. The number of fused-ring (bicyclic) bond motifs is 6. The second kappa shape index (κ2) is 12.8. The zero-order valence-electron chi connectivity index (χ0n) is 37.7. The van der Waals surface area contributed by atoms with Gasteiger partial charge in [0.2, 0.25) is 0 Å². The molecule has 0 unspecified atom stereocenters. The minimum atomic E-state index is -0.535. The Morgan fingerprint density at radius 2 is 1.07 bits per heavy atom. The molecule has 0 radical (unpaired) electrons. The second-order valence-corrected chi connectivity index (χ2v) is 14.3. The van der Waals surface area contributed by atoms with E-state index in [1.807, 2.05) is 84.9 Å². The lowest BCUT2D eigenvalue weighted by molar-refractivity contribution is 1.07. The van der Waals surface area contributed by atoms with Crippen molar-refractivity contribution in [1.82, 2.24) is 19.5 Å². The molecular weight excluding hydrogens is 707 g/mol. The Hall–Kier alpha value is -7.89. The smallest absolute Gasteiger partial charge is 0.164 e. The third-order valence-corrected chi connectivity index (χ3v) is 11.0. The number of benzene rings is 9. The van der Waals surface area contributed by atoms with Crippen LogP contribution in [0.25, 0.3) is 94.3 Å². The molecule has 1 aliphatic rings. The molecule has 270 valence electrons. The normalized spacial score (nSPS) is 13.8. The zero-order chi connectivity index (χ0) is 44.2. The van der Waals surface area contributed by atoms with Gasteiger partial charge in [0.15, 0.2) is 17.5 Å². The highest BCUT2D eigenvalue weighted by Gasteiger charge is 2.26. The molecule has 11 aromatic rings. The Bertz CT molecular complexity index is 3830. The number of nitrogens with zero attached hydrogens (tertiary/aromatic N) is 5. The van der Waals surface area contributed by atoms with Crippen LogP contribution in [0, 0.1) is 0 Å². The van der Waals surface area contributed by atoms with Crippen LogP contribution < -0.4 is 4.90 Å². The van der Waals surface area contributed by atoms with Crippen LogP contribution in [0.3, 0.4) is 0 Å². The summed E-state index contributed by atoms with van der Waals surface area (Å²) in [5.74, 6) is 0.446. The highest BCUT2D eigenvalue weighted by atomic mass is 15.2. The van der Waals surface area contributed by atoms with Crippen molar-refractivity contribution < 1.29 is 9.60 Å². The van der Waals surface area contributed by atoms with Gasteiger partial charge in [-0.3, -0.25) is 0 Å². The highest BCUT2D eigenvalue weighted by molar-refractivity contribution is 6.14. The molecule has 5 nitrogen and oxygen atoms in total. The summed E-state index contributed by atoms with van der Waals surface area (Å²) in [5.41, 5.74) is 9.30. The largest absolute Gasteiger partial charge is 0.309 e. The van der Waals surface area contributed by atoms with E-state index in [-0.39, 0.29) is 39.9 Å². The van der Waals surface area contributed by atoms with E-state index in [4.69, 9.17) is 21.8 Å². The topological polar surface area (TPSA) is 46.8 Å². The van der Waals surface area contributed by atoms with Crippen molar-refractivity contribution in [1.29, 1.82) is 0 Å². The number of hydrogen-bond acceptors (Lipinski definition) is 4.